The van der Waals surface area contributed by atoms with Crippen molar-refractivity contribution in [3.05, 3.63) is 98.1 Å². The molecule has 0 radical (unpaired) electrons. The number of benzene rings is 3. The Labute approximate surface area is 184 Å². The molecule has 5 rings (SSSR count). The zero-order valence-corrected chi connectivity index (χ0v) is 17.9. The summed E-state index contributed by atoms with van der Waals surface area (Å²) in [5.74, 6) is 0.719. The smallest absolute Gasteiger partial charge is 0.344 e. The van der Waals surface area contributed by atoms with Gasteiger partial charge in [0.15, 0.2) is 0 Å². The first-order valence-electron chi connectivity index (χ1n) is 9.48. The maximum Gasteiger partial charge on any atom is 0.344 e. The maximum absolute atomic E-state index is 12.8. The van der Waals surface area contributed by atoms with E-state index in [0.717, 1.165) is 26.6 Å². The SMILES string of the molecule is COc1ccc(-c2cc(=O)oc3c(-c4cc5cc(Br)ccc5oc4=O)cccc23)cc1. The van der Waals surface area contributed by atoms with E-state index in [1.54, 1.807) is 25.3 Å². The molecule has 0 atom stereocenters. The lowest BCUT2D eigenvalue weighted by molar-refractivity contribution is 0.415. The molecule has 31 heavy (non-hydrogen) atoms. The second-order valence-corrected chi connectivity index (χ2v) is 7.94. The molecule has 2 heterocycles. The predicted octanol–water partition coefficient (Wildman–Crippen LogP) is 6.00. The molecule has 152 valence electrons. The number of rotatable bonds is 3. The van der Waals surface area contributed by atoms with Crippen molar-refractivity contribution >= 4 is 37.9 Å². The van der Waals surface area contributed by atoms with Gasteiger partial charge >= 0.3 is 11.3 Å². The molecule has 0 unspecified atom stereocenters. The van der Waals surface area contributed by atoms with Crippen LogP contribution in [0.15, 0.2) is 95.7 Å². The molecule has 0 saturated carbocycles. The van der Waals surface area contributed by atoms with Gasteiger partial charge in [-0.05, 0) is 47.5 Å². The molecule has 0 spiro atoms. The Morgan fingerprint density at radius 3 is 2.39 bits per heavy atom. The van der Waals surface area contributed by atoms with Gasteiger partial charge < -0.3 is 13.6 Å². The number of methoxy groups -OCH3 is 1. The average molecular weight is 475 g/mol. The van der Waals surface area contributed by atoms with Gasteiger partial charge in [0.2, 0.25) is 0 Å². The van der Waals surface area contributed by atoms with E-state index in [4.69, 9.17) is 13.6 Å². The number of ether oxygens (including phenoxy) is 1. The highest BCUT2D eigenvalue weighted by molar-refractivity contribution is 9.10. The number of hydrogen-bond donors (Lipinski definition) is 0. The molecular formula is C25H15BrO5. The molecule has 0 fully saturated rings. The summed E-state index contributed by atoms with van der Waals surface area (Å²) in [6, 6.07) is 21.5. The minimum atomic E-state index is -0.501. The Hall–Kier alpha value is -3.64. The van der Waals surface area contributed by atoms with E-state index in [-0.39, 0.29) is 0 Å². The van der Waals surface area contributed by atoms with Crippen molar-refractivity contribution in [1.82, 2.24) is 0 Å². The fourth-order valence-corrected chi connectivity index (χ4v) is 4.07. The van der Waals surface area contributed by atoms with Crippen molar-refractivity contribution in [1.29, 1.82) is 0 Å². The Bertz CT molecular complexity index is 1560. The predicted molar refractivity (Wildman–Crippen MR) is 124 cm³/mol. The quantitative estimate of drug-likeness (QED) is 0.299. The maximum atomic E-state index is 12.8. The third-order valence-corrected chi connectivity index (χ3v) is 5.65. The number of hydrogen-bond acceptors (Lipinski definition) is 5. The third-order valence-electron chi connectivity index (χ3n) is 5.16. The van der Waals surface area contributed by atoms with E-state index in [1.165, 1.54) is 6.07 Å². The average Bonchev–Trinajstić information content (AvgIpc) is 2.78. The van der Waals surface area contributed by atoms with Gasteiger partial charge in [-0.15, -0.1) is 0 Å². The summed E-state index contributed by atoms with van der Waals surface area (Å²) in [5.41, 5.74) is 2.19. The topological polar surface area (TPSA) is 69.7 Å². The fourth-order valence-electron chi connectivity index (χ4n) is 3.69. The van der Waals surface area contributed by atoms with Crippen molar-refractivity contribution in [2.45, 2.75) is 0 Å². The lowest BCUT2D eigenvalue weighted by atomic mass is 9.97. The van der Waals surface area contributed by atoms with E-state index < -0.39 is 11.3 Å². The molecule has 0 N–H and O–H groups in total. The Morgan fingerprint density at radius 2 is 1.61 bits per heavy atom. The van der Waals surface area contributed by atoms with E-state index >= 15 is 0 Å². The van der Waals surface area contributed by atoms with Gasteiger partial charge in [0.1, 0.15) is 16.9 Å². The second kappa shape index (κ2) is 7.56. The monoisotopic (exact) mass is 474 g/mol. The summed E-state index contributed by atoms with van der Waals surface area (Å²) >= 11 is 3.44. The van der Waals surface area contributed by atoms with Crippen LogP contribution in [0, 0.1) is 0 Å². The summed E-state index contributed by atoms with van der Waals surface area (Å²) in [6.07, 6.45) is 0. The van der Waals surface area contributed by atoms with Crippen LogP contribution in [0.3, 0.4) is 0 Å². The van der Waals surface area contributed by atoms with Crippen LogP contribution in [0.25, 0.3) is 44.2 Å². The number of halogens is 1. The molecular weight excluding hydrogens is 460 g/mol. The van der Waals surface area contributed by atoms with Crippen LogP contribution >= 0.6 is 15.9 Å². The van der Waals surface area contributed by atoms with Gasteiger partial charge in [0.05, 0.1) is 12.7 Å². The van der Waals surface area contributed by atoms with Crippen LogP contribution < -0.4 is 16.0 Å². The summed E-state index contributed by atoms with van der Waals surface area (Å²) in [4.78, 5) is 25.2. The van der Waals surface area contributed by atoms with Crippen LogP contribution in [0.2, 0.25) is 0 Å². The Balaban J connectivity index is 1.79. The molecule has 0 amide bonds. The Kier molecular flexibility index (Phi) is 4.71. The highest BCUT2D eigenvalue weighted by Crippen LogP contribution is 2.34. The lowest BCUT2D eigenvalue weighted by Crippen LogP contribution is -2.05. The zero-order valence-electron chi connectivity index (χ0n) is 16.3. The molecule has 6 heteroatoms. The van der Waals surface area contributed by atoms with Crippen molar-refractivity contribution < 1.29 is 13.6 Å². The fraction of sp³-hybridized carbons (Fsp3) is 0.0400. The number of fused-ring (bicyclic) bond motifs is 2. The molecule has 0 aliphatic rings. The van der Waals surface area contributed by atoms with Crippen LogP contribution in [0.4, 0.5) is 0 Å². The zero-order chi connectivity index (χ0) is 21.5. The van der Waals surface area contributed by atoms with Gasteiger partial charge in [0.25, 0.3) is 0 Å². The van der Waals surface area contributed by atoms with E-state index in [2.05, 4.69) is 15.9 Å². The molecule has 0 saturated heterocycles. The first kappa shape index (κ1) is 19.3. The summed E-state index contributed by atoms with van der Waals surface area (Å²) in [5, 5.41) is 1.48. The highest BCUT2D eigenvalue weighted by Gasteiger charge is 2.16. The summed E-state index contributed by atoms with van der Waals surface area (Å²) in [7, 11) is 1.60. The first-order valence-corrected chi connectivity index (χ1v) is 10.3. The Morgan fingerprint density at radius 1 is 0.806 bits per heavy atom. The minimum absolute atomic E-state index is 0.325. The normalized spacial score (nSPS) is 11.2. The van der Waals surface area contributed by atoms with Gasteiger partial charge in [-0.2, -0.15) is 0 Å². The van der Waals surface area contributed by atoms with Crippen LogP contribution in [0.5, 0.6) is 5.75 Å². The molecule has 2 aromatic heterocycles. The molecule has 0 aliphatic carbocycles. The van der Waals surface area contributed by atoms with Gasteiger partial charge in [-0.3, -0.25) is 0 Å². The molecule has 5 aromatic rings. The van der Waals surface area contributed by atoms with Gasteiger partial charge in [-0.25, -0.2) is 9.59 Å². The molecule has 0 bridgehead atoms. The first-order chi connectivity index (χ1) is 15.0. The number of para-hydroxylation sites is 1. The van der Waals surface area contributed by atoms with Crippen molar-refractivity contribution in [3.8, 4) is 28.0 Å². The summed E-state index contributed by atoms with van der Waals surface area (Å²) < 4.78 is 17.2. The van der Waals surface area contributed by atoms with E-state index in [9.17, 15) is 9.59 Å². The van der Waals surface area contributed by atoms with Crippen molar-refractivity contribution in [2.24, 2.45) is 0 Å². The lowest BCUT2D eigenvalue weighted by Gasteiger charge is -2.10. The van der Waals surface area contributed by atoms with E-state index in [0.29, 0.717) is 27.9 Å². The van der Waals surface area contributed by atoms with Crippen molar-refractivity contribution in [3.63, 3.8) is 0 Å². The van der Waals surface area contributed by atoms with Crippen molar-refractivity contribution in [2.75, 3.05) is 7.11 Å². The van der Waals surface area contributed by atoms with E-state index in [1.807, 2.05) is 48.5 Å². The molecule has 5 nitrogen and oxygen atoms in total. The second-order valence-electron chi connectivity index (χ2n) is 7.02. The van der Waals surface area contributed by atoms with Gasteiger partial charge in [0, 0.05) is 26.9 Å². The molecule has 0 aliphatic heterocycles. The van der Waals surface area contributed by atoms with Crippen LogP contribution in [-0.2, 0) is 0 Å². The van der Waals surface area contributed by atoms with Crippen LogP contribution in [0.1, 0.15) is 0 Å². The third kappa shape index (κ3) is 3.45. The molecule has 3 aromatic carbocycles. The summed E-state index contributed by atoms with van der Waals surface area (Å²) in [6.45, 7) is 0. The highest BCUT2D eigenvalue weighted by atomic mass is 79.9. The largest absolute Gasteiger partial charge is 0.497 e. The standard InChI is InChI=1S/C25H15BrO5/c1-29-17-8-5-14(6-9-17)20-13-23(27)31-24-18(20)3-2-4-19(24)21-12-15-11-16(26)7-10-22(15)30-25(21)28/h2-13H,1H3. The van der Waals surface area contributed by atoms with Crippen LogP contribution in [-0.4, -0.2) is 7.11 Å². The minimum Gasteiger partial charge on any atom is -0.497 e. The van der Waals surface area contributed by atoms with Gasteiger partial charge in [-0.1, -0.05) is 46.3 Å².